The predicted molar refractivity (Wildman–Crippen MR) is 83.8 cm³/mol. The third-order valence-electron chi connectivity index (χ3n) is 2.53. The van der Waals surface area contributed by atoms with Crippen LogP contribution in [0.1, 0.15) is 20.8 Å². The number of benzene rings is 1. The van der Waals surface area contributed by atoms with Gasteiger partial charge in [-0.3, -0.25) is 0 Å². The van der Waals surface area contributed by atoms with Crippen molar-refractivity contribution in [3.63, 3.8) is 0 Å². The molecule has 1 heterocycles. The van der Waals surface area contributed by atoms with E-state index < -0.39 is 11.6 Å². The second-order valence-corrected chi connectivity index (χ2v) is 5.81. The molecule has 0 aliphatic carbocycles. The number of hydrogen-bond donors (Lipinski definition) is 1. The second kappa shape index (κ2) is 7.00. The maximum Gasteiger partial charge on any atom is 0.344 e. The number of pyridine rings is 1. The lowest BCUT2D eigenvalue weighted by Gasteiger charge is -2.19. The summed E-state index contributed by atoms with van der Waals surface area (Å²) < 4.78 is 16.1. The molecular weight excluding hydrogens is 298 g/mol. The van der Waals surface area contributed by atoms with Crippen LogP contribution in [-0.4, -0.2) is 28.3 Å². The zero-order valence-electron chi connectivity index (χ0n) is 13.3. The van der Waals surface area contributed by atoms with Crippen LogP contribution >= 0.6 is 0 Å². The number of hydrogen-bond acceptors (Lipinski definition) is 6. The highest BCUT2D eigenvalue weighted by atomic mass is 16.6. The van der Waals surface area contributed by atoms with Crippen molar-refractivity contribution in [2.24, 2.45) is 0 Å². The van der Waals surface area contributed by atoms with Gasteiger partial charge in [-0.2, -0.15) is 0 Å². The zero-order valence-corrected chi connectivity index (χ0v) is 13.3. The van der Waals surface area contributed by atoms with Crippen molar-refractivity contribution in [3.05, 3.63) is 42.6 Å². The standard InChI is InChI=1S/C17H19NO5/c1-17(2,3)23-16(20)11-21-13-5-4-6-14(9-13)22-15-8-7-12(19)10-18-15/h4-10,19H,11H2,1-3H3. The molecule has 23 heavy (non-hydrogen) atoms. The van der Waals surface area contributed by atoms with Crippen molar-refractivity contribution in [2.75, 3.05) is 6.61 Å². The lowest BCUT2D eigenvalue weighted by Crippen LogP contribution is -2.27. The van der Waals surface area contributed by atoms with Crippen LogP contribution in [-0.2, 0) is 9.53 Å². The molecule has 0 amide bonds. The van der Waals surface area contributed by atoms with Gasteiger partial charge in [0.15, 0.2) is 6.61 Å². The van der Waals surface area contributed by atoms with E-state index in [4.69, 9.17) is 14.2 Å². The van der Waals surface area contributed by atoms with Crippen molar-refractivity contribution < 1.29 is 24.1 Å². The number of nitrogens with zero attached hydrogens (tertiary/aromatic N) is 1. The number of carbonyl (C=O) groups excluding carboxylic acids is 1. The molecule has 0 aliphatic rings. The molecule has 1 aromatic heterocycles. The molecule has 6 nitrogen and oxygen atoms in total. The number of rotatable bonds is 5. The average Bonchev–Trinajstić information content (AvgIpc) is 2.46. The van der Waals surface area contributed by atoms with E-state index in [-0.39, 0.29) is 12.4 Å². The molecule has 0 aliphatic heterocycles. The van der Waals surface area contributed by atoms with Crippen molar-refractivity contribution in [1.29, 1.82) is 0 Å². The maximum absolute atomic E-state index is 11.6. The van der Waals surface area contributed by atoms with E-state index >= 15 is 0 Å². The Hall–Kier alpha value is -2.76. The van der Waals surface area contributed by atoms with Gasteiger partial charge in [-0.15, -0.1) is 0 Å². The van der Waals surface area contributed by atoms with E-state index in [0.29, 0.717) is 17.4 Å². The molecule has 0 fully saturated rings. The second-order valence-electron chi connectivity index (χ2n) is 5.81. The molecule has 0 unspecified atom stereocenters. The first-order valence-corrected chi connectivity index (χ1v) is 7.09. The Kier molecular flexibility index (Phi) is 5.05. The molecule has 1 N–H and O–H groups in total. The minimum atomic E-state index is -0.546. The van der Waals surface area contributed by atoms with Crippen LogP contribution in [0, 0.1) is 0 Å². The van der Waals surface area contributed by atoms with E-state index in [1.165, 1.54) is 12.3 Å². The molecule has 0 saturated carbocycles. The highest BCUT2D eigenvalue weighted by molar-refractivity contribution is 5.71. The summed E-state index contributed by atoms with van der Waals surface area (Å²) in [6, 6.07) is 9.84. The Balaban J connectivity index is 1.94. The number of ether oxygens (including phenoxy) is 3. The summed E-state index contributed by atoms with van der Waals surface area (Å²) in [6.45, 7) is 5.20. The molecule has 6 heteroatoms. The number of carbonyl (C=O) groups is 1. The van der Waals surface area contributed by atoms with Crippen LogP contribution < -0.4 is 9.47 Å². The first-order valence-electron chi connectivity index (χ1n) is 7.09. The number of esters is 1. The Morgan fingerprint density at radius 1 is 1.17 bits per heavy atom. The molecule has 0 bridgehead atoms. The highest BCUT2D eigenvalue weighted by Crippen LogP contribution is 2.24. The van der Waals surface area contributed by atoms with E-state index in [1.54, 1.807) is 51.1 Å². The first kappa shape index (κ1) is 16.6. The Morgan fingerprint density at radius 3 is 2.57 bits per heavy atom. The minimum absolute atomic E-state index is 0.0618. The molecule has 0 radical (unpaired) electrons. The highest BCUT2D eigenvalue weighted by Gasteiger charge is 2.16. The zero-order chi connectivity index (χ0) is 16.9. The summed E-state index contributed by atoms with van der Waals surface area (Å²) in [5.74, 6) is 0.944. The number of aromatic hydroxyl groups is 1. The summed E-state index contributed by atoms with van der Waals surface area (Å²) in [6.07, 6.45) is 1.29. The summed E-state index contributed by atoms with van der Waals surface area (Å²) >= 11 is 0. The topological polar surface area (TPSA) is 77.9 Å². The van der Waals surface area contributed by atoms with Gasteiger partial charge in [-0.25, -0.2) is 9.78 Å². The van der Waals surface area contributed by atoms with Crippen LogP contribution in [0.15, 0.2) is 42.6 Å². The fraction of sp³-hybridized carbons (Fsp3) is 0.294. The van der Waals surface area contributed by atoms with Gasteiger partial charge < -0.3 is 19.3 Å². The molecule has 2 rings (SSSR count). The van der Waals surface area contributed by atoms with Gasteiger partial charge in [0.05, 0.1) is 6.20 Å². The van der Waals surface area contributed by atoms with Crippen molar-refractivity contribution in [1.82, 2.24) is 4.98 Å². The van der Waals surface area contributed by atoms with E-state index in [9.17, 15) is 9.90 Å². The normalized spacial score (nSPS) is 10.9. The van der Waals surface area contributed by atoms with Gasteiger partial charge in [0.1, 0.15) is 22.8 Å². The smallest absolute Gasteiger partial charge is 0.344 e. The average molecular weight is 317 g/mol. The Bertz CT molecular complexity index is 661. The molecule has 0 atom stereocenters. The summed E-state index contributed by atoms with van der Waals surface area (Å²) in [5, 5.41) is 9.19. The molecule has 2 aromatic rings. The quantitative estimate of drug-likeness (QED) is 0.853. The molecule has 1 aromatic carbocycles. The van der Waals surface area contributed by atoms with Gasteiger partial charge in [0.25, 0.3) is 0 Å². The largest absolute Gasteiger partial charge is 0.506 e. The Labute approximate surface area is 134 Å². The first-order chi connectivity index (χ1) is 10.8. The van der Waals surface area contributed by atoms with Crippen molar-refractivity contribution in [3.8, 4) is 23.1 Å². The van der Waals surface area contributed by atoms with Crippen LogP contribution in [0.3, 0.4) is 0 Å². The third-order valence-corrected chi connectivity index (χ3v) is 2.53. The van der Waals surface area contributed by atoms with Crippen LogP contribution in [0.25, 0.3) is 0 Å². The lowest BCUT2D eigenvalue weighted by molar-refractivity contribution is -0.157. The lowest BCUT2D eigenvalue weighted by atomic mass is 10.2. The summed E-state index contributed by atoms with van der Waals surface area (Å²) in [5.41, 5.74) is -0.546. The molecule has 122 valence electrons. The van der Waals surface area contributed by atoms with E-state index in [0.717, 1.165) is 0 Å². The van der Waals surface area contributed by atoms with Gasteiger partial charge in [0, 0.05) is 12.1 Å². The van der Waals surface area contributed by atoms with Gasteiger partial charge in [-0.05, 0) is 39.0 Å². The summed E-state index contributed by atoms with van der Waals surface area (Å²) in [4.78, 5) is 15.6. The summed E-state index contributed by atoms with van der Waals surface area (Å²) in [7, 11) is 0. The molecule has 0 saturated heterocycles. The van der Waals surface area contributed by atoms with E-state index in [1.807, 2.05) is 0 Å². The fourth-order valence-corrected chi connectivity index (χ4v) is 1.69. The van der Waals surface area contributed by atoms with Crippen LogP contribution in [0.5, 0.6) is 23.1 Å². The number of aromatic nitrogens is 1. The van der Waals surface area contributed by atoms with Gasteiger partial charge in [0.2, 0.25) is 5.88 Å². The van der Waals surface area contributed by atoms with Gasteiger partial charge >= 0.3 is 5.97 Å². The minimum Gasteiger partial charge on any atom is -0.506 e. The predicted octanol–water partition coefficient (Wildman–Crippen LogP) is 3.30. The SMILES string of the molecule is CC(C)(C)OC(=O)COc1cccc(Oc2ccc(O)cn2)c1. The molecular formula is C17H19NO5. The van der Waals surface area contributed by atoms with Crippen LogP contribution in [0.4, 0.5) is 0 Å². The van der Waals surface area contributed by atoms with Crippen molar-refractivity contribution in [2.45, 2.75) is 26.4 Å². The van der Waals surface area contributed by atoms with Gasteiger partial charge in [-0.1, -0.05) is 6.07 Å². The molecule has 0 spiro atoms. The van der Waals surface area contributed by atoms with Crippen LogP contribution in [0.2, 0.25) is 0 Å². The monoisotopic (exact) mass is 317 g/mol. The Morgan fingerprint density at radius 2 is 1.91 bits per heavy atom. The third kappa shape index (κ3) is 5.86. The fourth-order valence-electron chi connectivity index (χ4n) is 1.69. The maximum atomic E-state index is 11.6. The van der Waals surface area contributed by atoms with Crippen molar-refractivity contribution >= 4 is 5.97 Å². The van der Waals surface area contributed by atoms with E-state index in [2.05, 4.69) is 4.98 Å².